The zero-order chi connectivity index (χ0) is 14.6. The summed E-state index contributed by atoms with van der Waals surface area (Å²) in [5.74, 6) is 0.627. The molecule has 0 saturated carbocycles. The molecule has 0 fully saturated rings. The van der Waals surface area contributed by atoms with E-state index in [1.54, 1.807) is 13.3 Å². The second kappa shape index (κ2) is 6.00. The van der Waals surface area contributed by atoms with Crippen LogP contribution in [0, 0.1) is 0 Å². The summed E-state index contributed by atoms with van der Waals surface area (Å²) in [6.45, 7) is 7.72. The van der Waals surface area contributed by atoms with Crippen LogP contribution >= 0.6 is 0 Å². The molecule has 0 spiro atoms. The van der Waals surface area contributed by atoms with Gasteiger partial charge in [-0.25, -0.2) is 9.67 Å². The molecule has 0 aliphatic heterocycles. The Bertz CT molecular complexity index is 541. The topological polar surface area (TPSA) is 64.9 Å². The molecule has 20 heavy (non-hydrogen) atoms. The van der Waals surface area contributed by atoms with Gasteiger partial charge in [0.25, 0.3) is 0 Å². The van der Waals surface area contributed by atoms with Crippen LogP contribution < -0.4 is 10.1 Å². The molecule has 6 heteroatoms. The number of rotatable bonds is 5. The van der Waals surface area contributed by atoms with Crippen molar-refractivity contribution in [3.05, 3.63) is 35.8 Å². The second-order valence-corrected chi connectivity index (χ2v) is 5.64. The van der Waals surface area contributed by atoms with Gasteiger partial charge in [0, 0.05) is 25.4 Å². The van der Waals surface area contributed by atoms with Crippen molar-refractivity contribution in [2.45, 2.75) is 39.4 Å². The molecule has 0 unspecified atom stereocenters. The van der Waals surface area contributed by atoms with E-state index >= 15 is 0 Å². The van der Waals surface area contributed by atoms with Crippen LogP contribution in [0.15, 0.2) is 24.5 Å². The zero-order valence-electron chi connectivity index (χ0n) is 12.4. The van der Waals surface area contributed by atoms with Crippen molar-refractivity contribution in [1.29, 1.82) is 0 Å². The molecule has 0 bridgehead atoms. The van der Waals surface area contributed by atoms with Crippen molar-refractivity contribution in [3.8, 4) is 5.88 Å². The predicted octanol–water partition coefficient (Wildman–Crippen LogP) is 1.73. The van der Waals surface area contributed by atoms with Crippen LogP contribution in [-0.2, 0) is 18.6 Å². The Morgan fingerprint density at radius 1 is 1.25 bits per heavy atom. The first-order chi connectivity index (χ1) is 9.49. The number of ether oxygens (including phenoxy) is 1. The largest absolute Gasteiger partial charge is 0.481 e. The fourth-order valence-corrected chi connectivity index (χ4v) is 1.68. The maximum atomic E-state index is 5.03. The Morgan fingerprint density at radius 2 is 2.05 bits per heavy atom. The number of nitrogens with one attached hydrogen (secondary N) is 1. The van der Waals surface area contributed by atoms with E-state index in [-0.39, 0.29) is 5.54 Å². The van der Waals surface area contributed by atoms with Gasteiger partial charge in [-0.15, -0.1) is 5.10 Å². The predicted molar refractivity (Wildman–Crippen MR) is 76.4 cm³/mol. The minimum absolute atomic E-state index is 0.0366. The first-order valence-corrected chi connectivity index (χ1v) is 6.60. The van der Waals surface area contributed by atoms with Gasteiger partial charge < -0.3 is 10.1 Å². The van der Waals surface area contributed by atoms with Crippen LogP contribution in [0.25, 0.3) is 0 Å². The Morgan fingerprint density at radius 3 is 2.60 bits per heavy atom. The summed E-state index contributed by atoms with van der Waals surface area (Å²) in [6.07, 6.45) is 3.77. The minimum Gasteiger partial charge on any atom is -0.481 e. The summed E-state index contributed by atoms with van der Waals surface area (Å²) in [5, 5.41) is 11.6. The van der Waals surface area contributed by atoms with Crippen LogP contribution in [0.1, 0.15) is 32.0 Å². The molecular weight excluding hydrogens is 254 g/mol. The number of nitrogens with zero attached hydrogens (tertiary/aromatic N) is 4. The molecule has 0 aliphatic rings. The number of aromatic nitrogens is 4. The highest BCUT2D eigenvalue weighted by molar-refractivity contribution is 5.17. The summed E-state index contributed by atoms with van der Waals surface area (Å²) in [6, 6.07) is 3.84. The first kappa shape index (κ1) is 14.5. The summed E-state index contributed by atoms with van der Waals surface area (Å²) in [5.41, 5.74) is 2.00. The van der Waals surface area contributed by atoms with Crippen molar-refractivity contribution in [2.24, 2.45) is 0 Å². The highest BCUT2D eigenvalue weighted by atomic mass is 16.5. The molecule has 2 aromatic heterocycles. The number of pyridine rings is 1. The lowest BCUT2D eigenvalue weighted by Crippen LogP contribution is -2.22. The zero-order valence-corrected chi connectivity index (χ0v) is 12.4. The lowest BCUT2D eigenvalue weighted by molar-refractivity contribution is 0.347. The summed E-state index contributed by atoms with van der Waals surface area (Å²) >= 11 is 0. The molecule has 0 saturated heterocycles. The number of hydrogen-bond donors (Lipinski definition) is 1. The highest BCUT2D eigenvalue weighted by Crippen LogP contribution is 2.11. The highest BCUT2D eigenvalue weighted by Gasteiger charge is 2.14. The molecule has 1 N–H and O–H groups in total. The van der Waals surface area contributed by atoms with Gasteiger partial charge in [-0.2, -0.15) is 0 Å². The monoisotopic (exact) mass is 275 g/mol. The molecule has 0 radical (unpaired) electrons. The fourth-order valence-electron chi connectivity index (χ4n) is 1.68. The van der Waals surface area contributed by atoms with Crippen molar-refractivity contribution < 1.29 is 4.74 Å². The minimum atomic E-state index is -0.0366. The number of methoxy groups -OCH3 is 1. The molecule has 0 aromatic carbocycles. The maximum Gasteiger partial charge on any atom is 0.212 e. The van der Waals surface area contributed by atoms with E-state index in [1.807, 2.05) is 23.0 Å². The molecule has 6 nitrogen and oxygen atoms in total. The first-order valence-electron chi connectivity index (χ1n) is 6.60. The second-order valence-electron chi connectivity index (χ2n) is 5.64. The van der Waals surface area contributed by atoms with Crippen LogP contribution in [0.3, 0.4) is 0 Å². The Kier molecular flexibility index (Phi) is 4.34. The Hall–Kier alpha value is -1.95. The van der Waals surface area contributed by atoms with Gasteiger partial charge in [0.05, 0.1) is 24.5 Å². The van der Waals surface area contributed by atoms with Gasteiger partial charge in [0.2, 0.25) is 5.88 Å². The standard InChI is InChI=1S/C14H21N5O/c1-14(2,3)19-10-12(17-18-19)9-15-7-11-5-6-13(20-4)16-8-11/h5-6,8,10,15H,7,9H2,1-4H3. The molecule has 0 amide bonds. The van der Waals surface area contributed by atoms with Gasteiger partial charge >= 0.3 is 0 Å². The van der Waals surface area contributed by atoms with Gasteiger partial charge in [0.1, 0.15) is 0 Å². The van der Waals surface area contributed by atoms with E-state index in [0.29, 0.717) is 12.4 Å². The molecule has 2 rings (SSSR count). The molecular formula is C14H21N5O. The van der Waals surface area contributed by atoms with Crippen LogP contribution in [0.5, 0.6) is 5.88 Å². The fraction of sp³-hybridized carbons (Fsp3) is 0.500. The molecule has 2 heterocycles. The maximum absolute atomic E-state index is 5.03. The van der Waals surface area contributed by atoms with Crippen molar-refractivity contribution >= 4 is 0 Å². The van der Waals surface area contributed by atoms with Crippen molar-refractivity contribution in [1.82, 2.24) is 25.3 Å². The Balaban J connectivity index is 1.84. The van der Waals surface area contributed by atoms with Crippen molar-refractivity contribution in [3.63, 3.8) is 0 Å². The third kappa shape index (κ3) is 3.77. The molecule has 2 aromatic rings. The average molecular weight is 275 g/mol. The van der Waals surface area contributed by atoms with E-state index in [1.165, 1.54) is 0 Å². The van der Waals surface area contributed by atoms with E-state index in [9.17, 15) is 0 Å². The van der Waals surface area contributed by atoms with Gasteiger partial charge in [-0.1, -0.05) is 11.3 Å². The third-order valence-electron chi connectivity index (χ3n) is 2.87. The molecule has 0 atom stereocenters. The van der Waals surface area contributed by atoms with Crippen LogP contribution in [-0.4, -0.2) is 27.1 Å². The molecule has 108 valence electrons. The van der Waals surface area contributed by atoms with Crippen molar-refractivity contribution in [2.75, 3.05) is 7.11 Å². The smallest absolute Gasteiger partial charge is 0.212 e. The molecule has 0 aliphatic carbocycles. The van der Waals surface area contributed by atoms with E-state index in [2.05, 4.69) is 41.4 Å². The van der Waals surface area contributed by atoms with Crippen LogP contribution in [0.4, 0.5) is 0 Å². The average Bonchev–Trinajstić information content (AvgIpc) is 2.88. The van der Waals surface area contributed by atoms with Crippen LogP contribution in [0.2, 0.25) is 0 Å². The van der Waals surface area contributed by atoms with Gasteiger partial charge in [-0.05, 0) is 26.3 Å². The van der Waals surface area contributed by atoms with E-state index < -0.39 is 0 Å². The lowest BCUT2D eigenvalue weighted by Gasteiger charge is -2.17. The third-order valence-corrected chi connectivity index (χ3v) is 2.87. The normalized spacial score (nSPS) is 11.6. The van der Waals surface area contributed by atoms with E-state index in [0.717, 1.165) is 17.8 Å². The number of hydrogen-bond acceptors (Lipinski definition) is 5. The summed E-state index contributed by atoms with van der Waals surface area (Å²) in [7, 11) is 1.61. The quantitative estimate of drug-likeness (QED) is 0.900. The summed E-state index contributed by atoms with van der Waals surface area (Å²) in [4.78, 5) is 4.16. The Labute approximate surface area is 119 Å². The van der Waals surface area contributed by atoms with Gasteiger partial charge in [0.15, 0.2) is 0 Å². The SMILES string of the molecule is COc1ccc(CNCc2cn(C(C)(C)C)nn2)cn1. The summed E-state index contributed by atoms with van der Waals surface area (Å²) < 4.78 is 6.90. The van der Waals surface area contributed by atoms with Gasteiger partial charge in [-0.3, -0.25) is 0 Å². The van der Waals surface area contributed by atoms with E-state index in [4.69, 9.17) is 4.74 Å². The lowest BCUT2D eigenvalue weighted by atomic mass is 10.1.